The standard InChI is InChI=1S/C21H23FN4O4S/c1-5-8-31(28,29)12-18-23-19(15-9-14(3)20(27)26(4)11-15)25-21(24-18)30-17-7-6-16(22)10-13(17)2/h6-7,9-11H,5,8,12H2,1-4H3. The van der Waals surface area contributed by atoms with Crippen LogP contribution in [0.2, 0.25) is 0 Å². The van der Waals surface area contributed by atoms with E-state index in [0.717, 1.165) is 0 Å². The van der Waals surface area contributed by atoms with Crippen LogP contribution in [0, 0.1) is 19.7 Å². The third-order valence-electron chi connectivity index (χ3n) is 4.48. The van der Waals surface area contributed by atoms with Crippen LogP contribution < -0.4 is 10.3 Å². The van der Waals surface area contributed by atoms with Gasteiger partial charge < -0.3 is 9.30 Å². The van der Waals surface area contributed by atoms with Gasteiger partial charge in [-0.2, -0.15) is 9.97 Å². The van der Waals surface area contributed by atoms with Crippen molar-refractivity contribution in [1.82, 2.24) is 19.5 Å². The molecule has 0 atom stereocenters. The molecule has 10 heteroatoms. The van der Waals surface area contributed by atoms with Crippen molar-refractivity contribution in [3.8, 4) is 23.1 Å². The van der Waals surface area contributed by atoms with Gasteiger partial charge >= 0.3 is 6.01 Å². The summed E-state index contributed by atoms with van der Waals surface area (Å²) in [5, 5.41) is 0. The number of ether oxygens (including phenoxy) is 1. The molecule has 0 aliphatic carbocycles. The monoisotopic (exact) mass is 446 g/mol. The molecule has 2 aromatic heterocycles. The van der Waals surface area contributed by atoms with E-state index in [1.54, 1.807) is 40.1 Å². The Morgan fingerprint density at radius 3 is 2.48 bits per heavy atom. The van der Waals surface area contributed by atoms with Crippen molar-refractivity contribution in [2.24, 2.45) is 7.05 Å². The van der Waals surface area contributed by atoms with Crippen LogP contribution in [-0.4, -0.2) is 33.7 Å². The summed E-state index contributed by atoms with van der Waals surface area (Å²) in [5.41, 5.74) is 1.36. The van der Waals surface area contributed by atoms with Gasteiger partial charge in [-0.15, -0.1) is 0 Å². The average molecular weight is 447 g/mol. The Balaban J connectivity index is 2.10. The Labute approximate surface area is 179 Å². The van der Waals surface area contributed by atoms with E-state index >= 15 is 0 Å². The Morgan fingerprint density at radius 2 is 1.84 bits per heavy atom. The first-order chi connectivity index (χ1) is 14.6. The number of hydrogen-bond acceptors (Lipinski definition) is 7. The number of aromatic nitrogens is 4. The lowest BCUT2D eigenvalue weighted by Crippen LogP contribution is -2.19. The van der Waals surface area contributed by atoms with E-state index in [4.69, 9.17) is 4.74 Å². The van der Waals surface area contributed by atoms with Gasteiger partial charge in [0.1, 0.15) is 17.3 Å². The van der Waals surface area contributed by atoms with Crippen molar-refractivity contribution in [2.45, 2.75) is 32.9 Å². The van der Waals surface area contributed by atoms with Crippen molar-refractivity contribution in [1.29, 1.82) is 0 Å². The smallest absolute Gasteiger partial charge is 0.325 e. The Kier molecular flexibility index (Phi) is 6.49. The highest BCUT2D eigenvalue weighted by atomic mass is 32.2. The zero-order chi connectivity index (χ0) is 22.8. The Bertz CT molecular complexity index is 1260. The molecule has 164 valence electrons. The highest BCUT2D eigenvalue weighted by Crippen LogP contribution is 2.25. The summed E-state index contributed by atoms with van der Waals surface area (Å²) in [5.74, 6) is -0.254. The second-order valence-corrected chi connectivity index (χ2v) is 9.47. The van der Waals surface area contributed by atoms with Crippen molar-refractivity contribution in [3.63, 3.8) is 0 Å². The normalized spacial score (nSPS) is 11.5. The molecule has 0 bridgehead atoms. The molecule has 0 fully saturated rings. The highest BCUT2D eigenvalue weighted by molar-refractivity contribution is 7.90. The maximum atomic E-state index is 13.4. The van der Waals surface area contributed by atoms with E-state index in [2.05, 4.69) is 15.0 Å². The van der Waals surface area contributed by atoms with E-state index in [9.17, 15) is 17.6 Å². The summed E-state index contributed by atoms with van der Waals surface area (Å²) in [6.45, 7) is 5.11. The first kappa shape index (κ1) is 22.5. The fraction of sp³-hybridized carbons (Fsp3) is 0.333. The SMILES string of the molecule is CCCS(=O)(=O)Cc1nc(Oc2ccc(F)cc2C)nc(-c2cc(C)c(=O)n(C)c2)n1. The largest absolute Gasteiger partial charge is 0.424 e. The second-order valence-electron chi connectivity index (χ2n) is 7.29. The first-order valence-electron chi connectivity index (χ1n) is 9.65. The van der Waals surface area contributed by atoms with Crippen LogP contribution in [0.1, 0.15) is 30.3 Å². The minimum absolute atomic E-state index is 0.000222. The number of benzene rings is 1. The molecule has 8 nitrogen and oxygen atoms in total. The van der Waals surface area contributed by atoms with Crippen LogP contribution in [-0.2, 0) is 22.6 Å². The summed E-state index contributed by atoms with van der Waals surface area (Å²) in [4.78, 5) is 24.8. The maximum Gasteiger partial charge on any atom is 0.325 e. The topological polar surface area (TPSA) is 104 Å². The predicted octanol–water partition coefficient (Wildman–Crippen LogP) is 3.11. The number of rotatable bonds is 7. The van der Waals surface area contributed by atoms with Crippen LogP contribution in [0.25, 0.3) is 11.4 Å². The van der Waals surface area contributed by atoms with E-state index in [0.29, 0.717) is 28.9 Å². The highest BCUT2D eigenvalue weighted by Gasteiger charge is 2.18. The molecule has 0 aliphatic rings. The molecule has 0 aliphatic heterocycles. The molecule has 0 spiro atoms. The Morgan fingerprint density at radius 1 is 1.10 bits per heavy atom. The van der Waals surface area contributed by atoms with Gasteiger partial charge in [-0.1, -0.05) is 6.92 Å². The zero-order valence-corrected chi connectivity index (χ0v) is 18.5. The van der Waals surface area contributed by atoms with E-state index < -0.39 is 15.7 Å². The maximum absolute atomic E-state index is 13.4. The van der Waals surface area contributed by atoms with E-state index in [1.807, 2.05) is 0 Å². The first-order valence-corrected chi connectivity index (χ1v) is 11.5. The van der Waals surface area contributed by atoms with Crippen molar-refractivity contribution in [2.75, 3.05) is 5.75 Å². The molecule has 0 amide bonds. The minimum atomic E-state index is -3.42. The third kappa shape index (κ3) is 5.52. The molecule has 1 aromatic carbocycles. The molecule has 2 heterocycles. The van der Waals surface area contributed by atoms with Crippen molar-refractivity contribution in [3.05, 3.63) is 63.6 Å². The van der Waals surface area contributed by atoms with Gasteiger partial charge in [0.15, 0.2) is 21.5 Å². The number of pyridine rings is 1. The minimum Gasteiger partial charge on any atom is -0.424 e. The summed E-state index contributed by atoms with van der Waals surface area (Å²) in [6.07, 6.45) is 2.03. The molecule has 0 N–H and O–H groups in total. The number of sulfone groups is 1. The molecule has 0 unspecified atom stereocenters. The van der Waals surface area contributed by atoms with Gasteiger partial charge in [-0.25, -0.2) is 17.8 Å². The van der Waals surface area contributed by atoms with Crippen LogP contribution >= 0.6 is 0 Å². The molecule has 0 saturated heterocycles. The summed E-state index contributed by atoms with van der Waals surface area (Å²) in [7, 11) is -1.82. The number of halogens is 1. The lowest BCUT2D eigenvalue weighted by molar-refractivity contribution is 0.433. The van der Waals surface area contributed by atoms with Gasteiger partial charge in [-0.3, -0.25) is 4.79 Å². The molecule has 3 aromatic rings. The third-order valence-corrected chi connectivity index (χ3v) is 6.21. The van der Waals surface area contributed by atoms with Crippen molar-refractivity contribution >= 4 is 9.84 Å². The summed E-state index contributed by atoms with van der Waals surface area (Å²) >= 11 is 0. The van der Waals surface area contributed by atoms with Crippen molar-refractivity contribution < 1.29 is 17.5 Å². The van der Waals surface area contributed by atoms with E-state index in [1.165, 1.54) is 22.8 Å². The quantitative estimate of drug-likeness (QED) is 0.549. The molecule has 3 rings (SSSR count). The van der Waals surface area contributed by atoms with Crippen LogP contribution in [0.4, 0.5) is 4.39 Å². The van der Waals surface area contributed by atoms with Gasteiger partial charge in [-0.05, 0) is 50.1 Å². The summed E-state index contributed by atoms with van der Waals surface area (Å²) in [6, 6.07) is 5.49. The number of hydrogen-bond donors (Lipinski definition) is 0. The van der Waals surface area contributed by atoms with Crippen LogP contribution in [0.15, 0.2) is 35.3 Å². The van der Waals surface area contributed by atoms with Gasteiger partial charge in [0.2, 0.25) is 0 Å². The molecule has 0 saturated carbocycles. The van der Waals surface area contributed by atoms with Gasteiger partial charge in [0.25, 0.3) is 5.56 Å². The van der Waals surface area contributed by atoms with Gasteiger partial charge in [0.05, 0.1) is 5.75 Å². The van der Waals surface area contributed by atoms with Gasteiger partial charge in [0, 0.05) is 24.4 Å². The molecular weight excluding hydrogens is 423 g/mol. The molecule has 31 heavy (non-hydrogen) atoms. The fourth-order valence-corrected chi connectivity index (χ4v) is 4.33. The predicted molar refractivity (Wildman–Crippen MR) is 114 cm³/mol. The summed E-state index contributed by atoms with van der Waals surface area (Å²) < 4.78 is 45.2. The molecular formula is C21H23FN4O4S. The van der Waals surface area contributed by atoms with Crippen LogP contribution in [0.5, 0.6) is 11.8 Å². The average Bonchev–Trinajstić information content (AvgIpc) is 2.67. The lowest BCUT2D eigenvalue weighted by atomic mass is 10.2. The number of nitrogens with zero attached hydrogens (tertiary/aromatic N) is 4. The van der Waals surface area contributed by atoms with E-state index in [-0.39, 0.29) is 34.7 Å². The zero-order valence-electron chi connectivity index (χ0n) is 17.7. The number of aryl methyl sites for hydroxylation is 3. The Hall–Kier alpha value is -3.14. The van der Waals surface area contributed by atoms with Crippen LogP contribution in [0.3, 0.4) is 0 Å². The molecule has 0 radical (unpaired) electrons. The lowest BCUT2D eigenvalue weighted by Gasteiger charge is -2.11. The fourth-order valence-electron chi connectivity index (χ4n) is 3.04. The second kappa shape index (κ2) is 8.93.